The van der Waals surface area contributed by atoms with E-state index in [0.717, 1.165) is 5.56 Å². The Labute approximate surface area is 136 Å². The lowest BCUT2D eigenvalue weighted by Crippen LogP contribution is -2.16. The van der Waals surface area contributed by atoms with E-state index in [1.165, 1.54) is 30.3 Å². The summed E-state index contributed by atoms with van der Waals surface area (Å²) in [5.74, 6) is -0.475. The Balaban J connectivity index is 1.96. The number of rotatable bonds is 5. The largest absolute Gasteiger partial charge is 0.506 e. The number of anilines is 1. The molecule has 0 saturated carbocycles. The van der Waals surface area contributed by atoms with Crippen LogP contribution < -0.4 is 5.32 Å². The Morgan fingerprint density at radius 1 is 1.17 bits per heavy atom. The highest BCUT2D eigenvalue weighted by atomic mass is 19.4. The summed E-state index contributed by atoms with van der Waals surface area (Å²) in [4.78, 5) is 12.1. The molecule has 24 heavy (non-hydrogen) atoms. The van der Waals surface area contributed by atoms with Crippen molar-refractivity contribution in [2.75, 3.05) is 11.9 Å². The van der Waals surface area contributed by atoms with Crippen LogP contribution in [0.2, 0.25) is 0 Å². The van der Waals surface area contributed by atoms with Crippen molar-refractivity contribution in [2.45, 2.75) is 19.7 Å². The standard InChI is InChI=1S/C17H16F3NO3/c1-11-2-7-14(15(22)8-11)21-16(23)13-5-3-12(4-6-13)9-24-10-17(18,19)20/h2-8,22H,9-10H2,1H3,(H,21,23). The average Bonchev–Trinajstić information content (AvgIpc) is 2.49. The number of carbonyl (C=O) groups is 1. The zero-order valence-electron chi connectivity index (χ0n) is 12.9. The summed E-state index contributed by atoms with van der Waals surface area (Å²) < 4.78 is 40.5. The van der Waals surface area contributed by atoms with Crippen molar-refractivity contribution < 1.29 is 27.8 Å². The van der Waals surface area contributed by atoms with Crippen molar-refractivity contribution in [1.82, 2.24) is 0 Å². The van der Waals surface area contributed by atoms with Gasteiger partial charge in [-0.25, -0.2) is 0 Å². The second-order valence-corrected chi connectivity index (χ2v) is 5.28. The third kappa shape index (κ3) is 5.27. The molecule has 0 unspecified atom stereocenters. The molecule has 1 amide bonds. The van der Waals surface area contributed by atoms with E-state index in [0.29, 0.717) is 11.1 Å². The number of hydrogen-bond donors (Lipinski definition) is 2. The molecule has 0 spiro atoms. The molecule has 0 atom stereocenters. The number of benzene rings is 2. The van der Waals surface area contributed by atoms with Gasteiger partial charge >= 0.3 is 6.18 Å². The number of hydrogen-bond acceptors (Lipinski definition) is 3. The van der Waals surface area contributed by atoms with Crippen molar-refractivity contribution in [3.63, 3.8) is 0 Å². The van der Waals surface area contributed by atoms with Crippen LogP contribution in [-0.2, 0) is 11.3 Å². The lowest BCUT2D eigenvalue weighted by Gasteiger charge is -2.09. The first-order valence-electron chi connectivity index (χ1n) is 7.09. The van der Waals surface area contributed by atoms with Gasteiger partial charge in [-0.15, -0.1) is 0 Å². The topological polar surface area (TPSA) is 58.6 Å². The van der Waals surface area contributed by atoms with E-state index in [4.69, 9.17) is 0 Å². The van der Waals surface area contributed by atoms with Crippen LogP contribution in [0.25, 0.3) is 0 Å². The molecule has 4 nitrogen and oxygen atoms in total. The first-order chi connectivity index (χ1) is 11.2. The summed E-state index contributed by atoms with van der Waals surface area (Å²) >= 11 is 0. The first kappa shape index (κ1) is 17.8. The summed E-state index contributed by atoms with van der Waals surface area (Å²) in [7, 11) is 0. The van der Waals surface area contributed by atoms with E-state index >= 15 is 0 Å². The molecule has 0 aliphatic heterocycles. The second-order valence-electron chi connectivity index (χ2n) is 5.28. The summed E-state index contributed by atoms with van der Waals surface area (Å²) in [5, 5.41) is 12.3. The van der Waals surface area contributed by atoms with Crippen LogP contribution in [0.4, 0.5) is 18.9 Å². The van der Waals surface area contributed by atoms with Gasteiger partial charge in [0.05, 0.1) is 12.3 Å². The molecule has 0 bridgehead atoms. The van der Waals surface area contributed by atoms with E-state index < -0.39 is 18.7 Å². The monoisotopic (exact) mass is 339 g/mol. The number of halogens is 3. The lowest BCUT2D eigenvalue weighted by atomic mass is 10.1. The number of phenols is 1. The second kappa shape index (κ2) is 7.35. The fraction of sp³-hybridized carbons (Fsp3) is 0.235. The molecule has 2 N–H and O–H groups in total. The molecule has 0 saturated heterocycles. The van der Waals surface area contributed by atoms with Crippen LogP contribution >= 0.6 is 0 Å². The van der Waals surface area contributed by atoms with E-state index in [1.54, 1.807) is 12.1 Å². The highest BCUT2D eigenvalue weighted by Crippen LogP contribution is 2.24. The number of carbonyl (C=O) groups excluding carboxylic acids is 1. The summed E-state index contributed by atoms with van der Waals surface area (Å²) in [6.07, 6.45) is -4.37. The van der Waals surface area contributed by atoms with E-state index in [2.05, 4.69) is 10.1 Å². The molecule has 0 aromatic heterocycles. The van der Waals surface area contributed by atoms with Crippen LogP contribution in [0, 0.1) is 6.92 Å². The van der Waals surface area contributed by atoms with Crippen molar-refractivity contribution in [3.8, 4) is 5.75 Å². The number of aromatic hydroxyl groups is 1. The summed E-state index contributed by atoms with van der Waals surface area (Å²) in [6, 6.07) is 10.8. The number of amides is 1. The van der Waals surface area contributed by atoms with Crippen molar-refractivity contribution in [2.24, 2.45) is 0 Å². The SMILES string of the molecule is Cc1ccc(NC(=O)c2ccc(COCC(F)(F)F)cc2)c(O)c1. The van der Waals surface area contributed by atoms with Crippen LogP contribution in [0.1, 0.15) is 21.5 Å². The minimum Gasteiger partial charge on any atom is -0.506 e. The normalized spacial score (nSPS) is 11.3. The maximum atomic E-state index is 12.1. The summed E-state index contributed by atoms with van der Waals surface area (Å²) in [6.45, 7) is 0.299. The lowest BCUT2D eigenvalue weighted by molar-refractivity contribution is -0.176. The van der Waals surface area contributed by atoms with Crippen molar-refractivity contribution in [1.29, 1.82) is 0 Å². The van der Waals surface area contributed by atoms with Gasteiger partial charge in [0.1, 0.15) is 12.4 Å². The van der Waals surface area contributed by atoms with Crippen LogP contribution in [0.5, 0.6) is 5.75 Å². The number of ether oxygens (including phenoxy) is 1. The smallest absolute Gasteiger partial charge is 0.411 e. The third-order valence-corrected chi connectivity index (χ3v) is 3.15. The molecule has 7 heteroatoms. The van der Waals surface area contributed by atoms with Gasteiger partial charge in [0.15, 0.2) is 0 Å². The van der Waals surface area contributed by atoms with Gasteiger partial charge in [-0.1, -0.05) is 18.2 Å². The van der Waals surface area contributed by atoms with Crippen LogP contribution in [0.15, 0.2) is 42.5 Å². The minimum absolute atomic E-state index is 0.0412. The van der Waals surface area contributed by atoms with Gasteiger partial charge < -0.3 is 15.2 Å². The molecular formula is C17H16F3NO3. The van der Waals surface area contributed by atoms with Crippen LogP contribution in [0.3, 0.4) is 0 Å². The van der Waals surface area contributed by atoms with Gasteiger partial charge in [-0.3, -0.25) is 4.79 Å². The van der Waals surface area contributed by atoms with Gasteiger partial charge in [0.2, 0.25) is 0 Å². The molecule has 0 radical (unpaired) electrons. The first-order valence-corrected chi connectivity index (χ1v) is 7.09. The molecule has 0 fully saturated rings. The van der Waals surface area contributed by atoms with E-state index in [-0.39, 0.29) is 18.0 Å². The predicted molar refractivity (Wildman–Crippen MR) is 83.0 cm³/mol. The van der Waals surface area contributed by atoms with Gasteiger partial charge in [0.25, 0.3) is 5.91 Å². The Hall–Kier alpha value is -2.54. The zero-order valence-corrected chi connectivity index (χ0v) is 12.9. The summed E-state index contributed by atoms with van der Waals surface area (Å²) in [5.41, 5.74) is 1.97. The maximum Gasteiger partial charge on any atom is 0.411 e. The highest BCUT2D eigenvalue weighted by molar-refractivity contribution is 6.05. The molecule has 0 aliphatic rings. The molecule has 128 valence electrons. The average molecular weight is 339 g/mol. The Morgan fingerprint density at radius 2 is 1.83 bits per heavy atom. The van der Waals surface area contributed by atoms with Crippen molar-refractivity contribution in [3.05, 3.63) is 59.2 Å². The van der Waals surface area contributed by atoms with Crippen molar-refractivity contribution >= 4 is 11.6 Å². The molecule has 2 aromatic carbocycles. The van der Waals surface area contributed by atoms with Crippen LogP contribution in [-0.4, -0.2) is 23.8 Å². The Bertz CT molecular complexity index is 712. The zero-order chi connectivity index (χ0) is 17.7. The number of phenolic OH excluding ortho intramolecular Hbond substituents is 1. The fourth-order valence-corrected chi connectivity index (χ4v) is 1.98. The molecule has 0 heterocycles. The number of aryl methyl sites for hydroxylation is 1. The number of alkyl halides is 3. The number of nitrogens with one attached hydrogen (secondary N) is 1. The van der Waals surface area contributed by atoms with Gasteiger partial charge in [-0.05, 0) is 42.3 Å². The fourth-order valence-electron chi connectivity index (χ4n) is 1.98. The third-order valence-electron chi connectivity index (χ3n) is 3.15. The molecular weight excluding hydrogens is 323 g/mol. The maximum absolute atomic E-state index is 12.1. The quantitative estimate of drug-likeness (QED) is 0.809. The van der Waals surface area contributed by atoms with E-state index in [9.17, 15) is 23.1 Å². The van der Waals surface area contributed by atoms with E-state index in [1.807, 2.05) is 6.92 Å². The Kier molecular flexibility index (Phi) is 5.46. The molecule has 0 aliphatic carbocycles. The minimum atomic E-state index is -4.37. The van der Waals surface area contributed by atoms with Gasteiger partial charge in [0, 0.05) is 5.56 Å². The highest BCUT2D eigenvalue weighted by Gasteiger charge is 2.27. The molecule has 2 rings (SSSR count). The van der Waals surface area contributed by atoms with Gasteiger partial charge in [-0.2, -0.15) is 13.2 Å². The predicted octanol–water partition coefficient (Wildman–Crippen LogP) is 4.03. The Morgan fingerprint density at radius 3 is 2.42 bits per heavy atom. The molecule has 2 aromatic rings.